The third-order valence-corrected chi connectivity index (χ3v) is 2.38. The van der Waals surface area contributed by atoms with E-state index in [1.165, 1.54) is 7.11 Å². The van der Waals surface area contributed by atoms with E-state index in [9.17, 15) is 9.59 Å². The van der Waals surface area contributed by atoms with E-state index < -0.39 is 12.1 Å². The fourth-order valence-corrected chi connectivity index (χ4v) is 1.35. The number of carboxylic acids is 1. The van der Waals surface area contributed by atoms with Crippen molar-refractivity contribution in [2.75, 3.05) is 13.7 Å². The van der Waals surface area contributed by atoms with Gasteiger partial charge in [0.15, 0.2) is 6.10 Å². The summed E-state index contributed by atoms with van der Waals surface area (Å²) in [6, 6.07) is 0. The number of ether oxygens (including phenoxy) is 1. The van der Waals surface area contributed by atoms with Gasteiger partial charge >= 0.3 is 5.97 Å². The van der Waals surface area contributed by atoms with Crippen LogP contribution in [0.3, 0.4) is 0 Å². The summed E-state index contributed by atoms with van der Waals surface area (Å²) in [7, 11) is 1.31. The van der Waals surface area contributed by atoms with Gasteiger partial charge in [-0.25, -0.2) is 4.79 Å². The van der Waals surface area contributed by atoms with Crippen LogP contribution >= 0.6 is 0 Å². The highest BCUT2D eigenvalue weighted by atomic mass is 16.5. The fraction of sp³-hybridized carbons (Fsp3) is 0.833. The first-order valence-corrected chi connectivity index (χ1v) is 5.78. The number of amides is 1. The molecule has 0 spiro atoms. The largest absolute Gasteiger partial charge is 0.479 e. The Balaban J connectivity index is 3.76. The Labute approximate surface area is 103 Å². The van der Waals surface area contributed by atoms with E-state index in [-0.39, 0.29) is 17.9 Å². The molecule has 0 heterocycles. The van der Waals surface area contributed by atoms with Crippen LogP contribution < -0.4 is 5.32 Å². The molecular formula is C12H23NO4. The van der Waals surface area contributed by atoms with E-state index in [2.05, 4.69) is 26.1 Å². The van der Waals surface area contributed by atoms with Crippen LogP contribution in [0, 0.1) is 5.41 Å². The molecule has 2 N–H and O–H groups in total. The molecular weight excluding hydrogens is 222 g/mol. The molecule has 0 aromatic rings. The maximum absolute atomic E-state index is 11.4. The van der Waals surface area contributed by atoms with Gasteiger partial charge in [-0.05, 0) is 18.3 Å². The van der Waals surface area contributed by atoms with Crippen molar-refractivity contribution in [1.29, 1.82) is 0 Å². The number of aliphatic carboxylic acids is 1. The van der Waals surface area contributed by atoms with Crippen molar-refractivity contribution in [2.24, 2.45) is 5.41 Å². The van der Waals surface area contributed by atoms with Crippen LogP contribution in [0.5, 0.6) is 0 Å². The zero-order chi connectivity index (χ0) is 13.5. The maximum atomic E-state index is 11.4. The Morgan fingerprint density at radius 3 is 2.35 bits per heavy atom. The standard InChI is InChI=1S/C12H23NO4/c1-12(2,3)7-5-6-10(14)13-8-9(17-4)11(15)16/h9H,5-8H2,1-4H3,(H,13,14)(H,15,16). The molecule has 0 bridgehead atoms. The van der Waals surface area contributed by atoms with Gasteiger partial charge in [-0.15, -0.1) is 0 Å². The van der Waals surface area contributed by atoms with Crippen molar-refractivity contribution >= 4 is 11.9 Å². The van der Waals surface area contributed by atoms with Crippen LogP contribution in [0.25, 0.3) is 0 Å². The third kappa shape index (κ3) is 8.68. The molecule has 1 unspecified atom stereocenters. The smallest absolute Gasteiger partial charge is 0.334 e. The third-order valence-electron chi connectivity index (χ3n) is 2.38. The van der Waals surface area contributed by atoms with Gasteiger partial charge in [-0.2, -0.15) is 0 Å². The van der Waals surface area contributed by atoms with Gasteiger partial charge in [-0.3, -0.25) is 4.79 Å². The predicted molar refractivity (Wildman–Crippen MR) is 64.7 cm³/mol. The van der Waals surface area contributed by atoms with Crippen LogP contribution in [-0.2, 0) is 14.3 Å². The summed E-state index contributed by atoms with van der Waals surface area (Å²) in [6.07, 6.45) is 1.22. The van der Waals surface area contributed by atoms with Gasteiger partial charge in [0.05, 0.1) is 6.54 Å². The highest BCUT2D eigenvalue weighted by molar-refractivity contribution is 5.78. The SMILES string of the molecule is COC(CNC(=O)CCCC(C)(C)C)C(=O)O. The lowest BCUT2D eigenvalue weighted by Gasteiger charge is -2.17. The van der Waals surface area contributed by atoms with Crippen LogP contribution in [0.15, 0.2) is 0 Å². The van der Waals surface area contributed by atoms with Crippen molar-refractivity contribution in [1.82, 2.24) is 5.32 Å². The van der Waals surface area contributed by atoms with Gasteiger partial charge in [0, 0.05) is 13.5 Å². The van der Waals surface area contributed by atoms with E-state index in [0.717, 1.165) is 12.8 Å². The molecule has 1 amide bonds. The number of hydrogen-bond donors (Lipinski definition) is 2. The molecule has 0 aliphatic carbocycles. The van der Waals surface area contributed by atoms with E-state index in [4.69, 9.17) is 9.84 Å². The molecule has 0 rings (SSSR count). The summed E-state index contributed by atoms with van der Waals surface area (Å²) < 4.78 is 4.71. The Bertz CT molecular complexity index is 258. The minimum atomic E-state index is -1.07. The highest BCUT2D eigenvalue weighted by Gasteiger charge is 2.17. The number of carbonyl (C=O) groups excluding carboxylic acids is 1. The lowest BCUT2D eigenvalue weighted by Crippen LogP contribution is -2.37. The zero-order valence-electron chi connectivity index (χ0n) is 11.1. The van der Waals surface area contributed by atoms with Crippen molar-refractivity contribution in [3.63, 3.8) is 0 Å². The Morgan fingerprint density at radius 2 is 1.94 bits per heavy atom. The monoisotopic (exact) mass is 245 g/mol. The molecule has 0 aliphatic rings. The lowest BCUT2D eigenvalue weighted by atomic mass is 9.90. The average molecular weight is 245 g/mol. The van der Waals surface area contributed by atoms with Crippen LogP contribution in [-0.4, -0.2) is 36.7 Å². The molecule has 0 aliphatic heterocycles. The normalized spacial score (nSPS) is 13.2. The quantitative estimate of drug-likeness (QED) is 0.711. The first kappa shape index (κ1) is 15.9. The molecule has 0 radical (unpaired) electrons. The second-order valence-electron chi connectivity index (χ2n) is 5.28. The highest BCUT2D eigenvalue weighted by Crippen LogP contribution is 2.21. The Hall–Kier alpha value is -1.10. The molecule has 0 aromatic carbocycles. The molecule has 17 heavy (non-hydrogen) atoms. The van der Waals surface area contributed by atoms with E-state index in [1.807, 2.05) is 0 Å². The number of carbonyl (C=O) groups is 2. The molecule has 100 valence electrons. The van der Waals surface area contributed by atoms with E-state index in [1.54, 1.807) is 0 Å². The number of nitrogens with one attached hydrogen (secondary N) is 1. The van der Waals surface area contributed by atoms with Gasteiger partial charge in [0.25, 0.3) is 0 Å². The van der Waals surface area contributed by atoms with Crippen molar-refractivity contribution in [3.8, 4) is 0 Å². The van der Waals surface area contributed by atoms with E-state index >= 15 is 0 Å². The molecule has 0 aromatic heterocycles. The summed E-state index contributed by atoms with van der Waals surface area (Å²) >= 11 is 0. The molecule has 0 saturated heterocycles. The second kappa shape index (κ2) is 7.27. The van der Waals surface area contributed by atoms with Gasteiger partial charge in [0.2, 0.25) is 5.91 Å². The first-order valence-electron chi connectivity index (χ1n) is 5.78. The molecule has 5 heteroatoms. The number of methoxy groups -OCH3 is 1. The van der Waals surface area contributed by atoms with Crippen LogP contribution in [0.4, 0.5) is 0 Å². The minimum absolute atomic E-state index is 0.0141. The lowest BCUT2D eigenvalue weighted by molar-refractivity contribution is -0.148. The molecule has 5 nitrogen and oxygen atoms in total. The number of carboxylic acid groups (broad SMARTS) is 1. The van der Waals surface area contributed by atoms with Gasteiger partial charge < -0.3 is 15.2 Å². The van der Waals surface area contributed by atoms with E-state index in [0.29, 0.717) is 6.42 Å². The van der Waals surface area contributed by atoms with Crippen LogP contribution in [0.1, 0.15) is 40.0 Å². The summed E-state index contributed by atoms with van der Waals surface area (Å²) in [4.78, 5) is 22.0. The molecule has 0 saturated carbocycles. The average Bonchev–Trinajstić information content (AvgIpc) is 2.16. The first-order chi connectivity index (χ1) is 7.76. The Kier molecular flexibility index (Phi) is 6.80. The predicted octanol–water partition coefficient (Wildman–Crippen LogP) is 1.42. The summed E-state index contributed by atoms with van der Waals surface area (Å²) in [5.41, 5.74) is 0.219. The summed E-state index contributed by atoms with van der Waals surface area (Å²) in [5.74, 6) is -1.19. The number of hydrogen-bond acceptors (Lipinski definition) is 3. The Morgan fingerprint density at radius 1 is 1.35 bits per heavy atom. The fourth-order valence-electron chi connectivity index (χ4n) is 1.35. The van der Waals surface area contributed by atoms with Crippen molar-refractivity contribution in [3.05, 3.63) is 0 Å². The van der Waals surface area contributed by atoms with Gasteiger partial charge in [-0.1, -0.05) is 20.8 Å². The minimum Gasteiger partial charge on any atom is -0.479 e. The maximum Gasteiger partial charge on any atom is 0.334 e. The summed E-state index contributed by atoms with van der Waals surface area (Å²) in [5, 5.41) is 11.2. The van der Waals surface area contributed by atoms with Crippen molar-refractivity contribution < 1.29 is 19.4 Å². The topological polar surface area (TPSA) is 75.6 Å². The second-order valence-corrected chi connectivity index (χ2v) is 5.28. The zero-order valence-corrected chi connectivity index (χ0v) is 11.1. The number of rotatable bonds is 7. The molecule has 1 atom stereocenters. The van der Waals surface area contributed by atoms with Gasteiger partial charge in [0.1, 0.15) is 0 Å². The molecule has 0 fully saturated rings. The summed E-state index contributed by atoms with van der Waals surface area (Å²) in [6.45, 7) is 6.38. The van der Waals surface area contributed by atoms with Crippen LogP contribution in [0.2, 0.25) is 0 Å². The van der Waals surface area contributed by atoms with Crippen molar-refractivity contribution in [2.45, 2.75) is 46.1 Å².